The van der Waals surface area contributed by atoms with E-state index in [1.165, 1.54) is 4.90 Å². The van der Waals surface area contributed by atoms with E-state index in [2.05, 4.69) is 0 Å². The first-order valence-corrected chi connectivity index (χ1v) is 10.7. The van der Waals surface area contributed by atoms with Gasteiger partial charge in [-0.1, -0.05) is 42.0 Å². The number of carbonyl (C=O) groups excluding carboxylic acids is 2. The molecule has 1 amide bonds. The number of aliphatic hydroxyl groups is 1. The number of hydrogen-bond acceptors (Lipinski definition) is 5. The minimum absolute atomic E-state index is 0.107. The molecule has 6 heteroatoms. The second-order valence-corrected chi connectivity index (χ2v) is 7.95. The molecule has 2 aliphatic rings. The maximum absolute atomic E-state index is 13.0. The summed E-state index contributed by atoms with van der Waals surface area (Å²) >= 11 is 0. The smallest absolute Gasteiger partial charge is 0.295 e. The molecule has 0 bridgehead atoms. The number of Topliss-reactive ketones (excluding diaryl/α,β-unsaturated/α-hetero) is 1. The Kier molecular flexibility index (Phi) is 6.09. The van der Waals surface area contributed by atoms with Crippen molar-refractivity contribution in [3.05, 3.63) is 70.8 Å². The van der Waals surface area contributed by atoms with E-state index in [0.717, 1.165) is 24.0 Å². The zero-order valence-electron chi connectivity index (χ0n) is 17.8. The molecule has 2 fully saturated rings. The molecule has 4 rings (SSSR count). The van der Waals surface area contributed by atoms with Crippen molar-refractivity contribution < 1.29 is 24.2 Å². The summed E-state index contributed by atoms with van der Waals surface area (Å²) in [5, 5.41) is 11.1. The van der Waals surface area contributed by atoms with Gasteiger partial charge in [0.1, 0.15) is 11.5 Å². The minimum atomic E-state index is -0.679. The van der Waals surface area contributed by atoms with Gasteiger partial charge in [-0.2, -0.15) is 0 Å². The third-order valence-electron chi connectivity index (χ3n) is 5.80. The molecule has 6 nitrogen and oxygen atoms in total. The quantitative estimate of drug-likeness (QED) is 0.434. The van der Waals surface area contributed by atoms with E-state index in [0.29, 0.717) is 31.1 Å². The van der Waals surface area contributed by atoms with Crippen LogP contribution in [0.3, 0.4) is 0 Å². The fourth-order valence-electron chi connectivity index (χ4n) is 4.20. The minimum Gasteiger partial charge on any atom is -0.507 e. The van der Waals surface area contributed by atoms with E-state index >= 15 is 0 Å². The molecule has 31 heavy (non-hydrogen) atoms. The zero-order valence-corrected chi connectivity index (χ0v) is 17.8. The van der Waals surface area contributed by atoms with Crippen molar-refractivity contribution in [2.24, 2.45) is 0 Å². The number of nitrogens with zero attached hydrogens (tertiary/aromatic N) is 1. The summed E-state index contributed by atoms with van der Waals surface area (Å²) in [6.07, 6.45) is 1.67. The van der Waals surface area contributed by atoms with Crippen LogP contribution in [0.4, 0.5) is 0 Å². The average molecular weight is 421 g/mol. The molecule has 0 spiro atoms. The lowest BCUT2D eigenvalue weighted by molar-refractivity contribution is -0.140. The first-order chi connectivity index (χ1) is 15.0. The molecule has 0 aromatic heterocycles. The largest absolute Gasteiger partial charge is 0.507 e. The number of likely N-dealkylation sites (tertiary alicyclic amines) is 1. The van der Waals surface area contributed by atoms with E-state index in [4.69, 9.17) is 9.47 Å². The van der Waals surface area contributed by atoms with Crippen LogP contribution in [0.1, 0.15) is 42.5 Å². The van der Waals surface area contributed by atoms with Gasteiger partial charge in [-0.15, -0.1) is 0 Å². The third-order valence-corrected chi connectivity index (χ3v) is 5.80. The Morgan fingerprint density at radius 3 is 2.45 bits per heavy atom. The SMILES string of the molecule is CCOc1ccc([C@@H]2C(=C(O)c3ccc(C)cc3)C(=O)C(=O)N2C[C@@H]2CCCO2)cc1. The van der Waals surface area contributed by atoms with Gasteiger partial charge in [0, 0.05) is 18.7 Å². The van der Waals surface area contributed by atoms with Crippen molar-refractivity contribution in [2.45, 2.75) is 38.8 Å². The van der Waals surface area contributed by atoms with Crippen molar-refractivity contribution in [3.8, 4) is 5.75 Å². The zero-order chi connectivity index (χ0) is 22.0. The summed E-state index contributed by atoms with van der Waals surface area (Å²) in [6.45, 7) is 5.37. The topological polar surface area (TPSA) is 76.1 Å². The normalized spacial score (nSPS) is 22.8. The molecule has 0 aliphatic carbocycles. The second kappa shape index (κ2) is 8.94. The van der Waals surface area contributed by atoms with Gasteiger partial charge < -0.3 is 19.5 Å². The van der Waals surface area contributed by atoms with Gasteiger partial charge >= 0.3 is 0 Å². The Bertz CT molecular complexity index is 988. The number of ether oxygens (including phenoxy) is 2. The summed E-state index contributed by atoms with van der Waals surface area (Å²) in [5.74, 6) is -0.731. The lowest BCUT2D eigenvalue weighted by Crippen LogP contribution is -2.36. The predicted octanol–water partition coefficient (Wildman–Crippen LogP) is 3.99. The Labute approximate surface area is 182 Å². The van der Waals surface area contributed by atoms with Crippen molar-refractivity contribution in [1.82, 2.24) is 4.90 Å². The fraction of sp³-hybridized carbons (Fsp3) is 0.360. The van der Waals surface area contributed by atoms with Crippen molar-refractivity contribution in [3.63, 3.8) is 0 Å². The molecule has 162 valence electrons. The average Bonchev–Trinajstić information content (AvgIpc) is 3.37. The Hall–Kier alpha value is -3.12. The highest BCUT2D eigenvalue weighted by Gasteiger charge is 2.47. The molecule has 2 aromatic rings. The van der Waals surface area contributed by atoms with E-state index in [1.54, 1.807) is 12.1 Å². The van der Waals surface area contributed by atoms with E-state index in [9.17, 15) is 14.7 Å². The molecule has 2 heterocycles. The van der Waals surface area contributed by atoms with E-state index in [-0.39, 0.29) is 17.4 Å². The van der Waals surface area contributed by atoms with Crippen LogP contribution >= 0.6 is 0 Å². The summed E-state index contributed by atoms with van der Waals surface area (Å²) in [5.41, 5.74) is 2.40. The molecule has 0 saturated carbocycles. The maximum atomic E-state index is 13.0. The standard InChI is InChI=1S/C25H27NO5/c1-3-30-19-12-10-17(11-13-19)22-21(23(27)18-8-6-16(2)7-9-18)24(28)25(29)26(22)15-20-5-4-14-31-20/h6-13,20,22,27H,3-5,14-15H2,1-2H3/t20-,22+/m0/s1. The Balaban J connectivity index is 1.78. The van der Waals surface area contributed by atoms with Crippen LogP contribution in [-0.4, -0.2) is 47.6 Å². The van der Waals surface area contributed by atoms with Crippen LogP contribution in [0.2, 0.25) is 0 Å². The highest BCUT2D eigenvalue weighted by Crippen LogP contribution is 2.40. The third kappa shape index (κ3) is 4.21. The molecule has 0 unspecified atom stereocenters. The van der Waals surface area contributed by atoms with Gasteiger partial charge in [-0.05, 0) is 44.4 Å². The first kappa shape index (κ1) is 21.1. The lowest BCUT2D eigenvalue weighted by Gasteiger charge is -2.27. The summed E-state index contributed by atoms with van der Waals surface area (Å²) in [7, 11) is 0. The number of ketones is 1. The van der Waals surface area contributed by atoms with Crippen LogP contribution in [-0.2, 0) is 14.3 Å². The summed E-state index contributed by atoms with van der Waals surface area (Å²) < 4.78 is 11.2. The van der Waals surface area contributed by atoms with Crippen LogP contribution in [0.5, 0.6) is 5.75 Å². The summed E-state index contributed by atoms with van der Waals surface area (Å²) in [6, 6.07) is 13.9. The van der Waals surface area contributed by atoms with Gasteiger partial charge in [-0.3, -0.25) is 9.59 Å². The van der Waals surface area contributed by atoms with E-state index in [1.807, 2.05) is 50.2 Å². The highest BCUT2D eigenvalue weighted by molar-refractivity contribution is 6.46. The first-order valence-electron chi connectivity index (χ1n) is 10.7. The van der Waals surface area contributed by atoms with Crippen LogP contribution in [0.25, 0.3) is 5.76 Å². The van der Waals surface area contributed by atoms with Crippen molar-refractivity contribution in [1.29, 1.82) is 0 Å². The molecular formula is C25H27NO5. The number of rotatable bonds is 6. The predicted molar refractivity (Wildman–Crippen MR) is 117 cm³/mol. The fourth-order valence-corrected chi connectivity index (χ4v) is 4.20. The molecule has 0 radical (unpaired) electrons. The highest BCUT2D eigenvalue weighted by atomic mass is 16.5. The lowest BCUT2D eigenvalue weighted by atomic mass is 9.95. The number of carbonyl (C=O) groups is 2. The van der Waals surface area contributed by atoms with Gasteiger partial charge in [-0.25, -0.2) is 0 Å². The van der Waals surface area contributed by atoms with Crippen molar-refractivity contribution in [2.75, 3.05) is 19.8 Å². The number of aliphatic hydroxyl groups excluding tert-OH is 1. The number of amides is 1. The molecular weight excluding hydrogens is 394 g/mol. The molecule has 2 aliphatic heterocycles. The monoisotopic (exact) mass is 421 g/mol. The van der Waals surface area contributed by atoms with Gasteiger partial charge in [0.2, 0.25) is 0 Å². The van der Waals surface area contributed by atoms with E-state index < -0.39 is 17.7 Å². The molecule has 2 aromatic carbocycles. The Morgan fingerprint density at radius 2 is 1.84 bits per heavy atom. The van der Waals surface area contributed by atoms with Crippen LogP contribution in [0, 0.1) is 6.92 Å². The molecule has 2 saturated heterocycles. The van der Waals surface area contributed by atoms with Gasteiger partial charge in [0.25, 0.3) is 11.7 Å². The van der Waals surface area contributed by atoms with Gasteiger partial charge in [0.15, 0.2) is 0 Å². The molecule has 1 N–H and O–H groups in total. The van der Waals surface area contributed by atoms with Crippen LogP contribution < -0.4 is 4.74 Å². The number of aryl methyl sites for hydroxylation is 1. The van der Waals surface area contributed by atoms with Crippen molar-refractivity contribution >= 4 is 17.4 Å². The molecule has 2 atom stereocenters. The number of benzene rings is 2. The summed E-state index contributed by atoms with van der Waals surface area (Å²) in [4.78, 5) is 27.6. The van der Waals surface area contributed by atoms with Gasteiger partial charge in [0.05, 0.1) is 24.3 Å². The van der Waals surface area contributed by atoms with Crippen LogP contribution in [0.15, 0.2) is 54.1 Å². The maximum Gasteiger partial charge on any atom is 0.295 e. The second-order valence-electron chi connectivity index (χ2n) is 7.95. The Morgan fingerprint density at radius 1 is 1.13 bits per heavy atom. The number of hydrogen-bond donors (Lipinski definition) is 1.